The van der Waals surface area contributed by atoms with Gasteiger partial charge in [-0.3, -0.25) is 14.6 Å². The van der Waals surface area contributed by atoms with E-state index in [2.05, 4.69) is 20.3 Å². The lowest BCUT2D eigenvalue weighted by Gasteiger charge is -2.25. The van der Waals surface area contributed by atoms with Crippen molar-refractivity contribution >= 4 is 16.9 Å². The van der Waals surface area contributed by atoms with Gasteiger partial charge in [0, 0.05) is 30.3 Å². The van der Waals surface area contributed by atoms with Gasteiger partial charge in [-0.1, -0.05) is 0 Å². The van der Waals surface area contributed by atoms with Gasteiger partial charge in [-0.25, -0.2) is 4.98 Å². The van der Waals surface area contributed by atoms with Gasteiger partial charge in [0.15, 0.2) is 5.65 Å². The van der Waals surface area contributed by atoms with Crippen LogP contribution in [0.15, 0.2) is 24.5 Å². The Morgan fingerprint density at radius 2 is 2.29 bits per heavy atom. The number of aromatic nitrogens is 5. The fourth-order valence-corrected chi connectivity index (χ4v) is 3.54. The Balaban J connectivity index is 1.69. The lowest BCUT2D eigenvalue weighted by molar-refractivity contribution is 0.0723. The van der Waals surface area contributed by atoms with Gasteiger partial charge in [0.2, 0.25) is 0 Å². The highest BCUT2D eigenvalue weighted by Gasteiger charge is 2.31. The van der Waals surface area contributed by atoms with Gasteiger partial charge < -0.3 is 4.90 Å². The normalized spacial score (nSPS) is 17.8. The molecule has 1 N–H and O–H groups in total. The Kier molecular flexibility index (Phi) is 3.55. The molecule has 3 aromatic rings. The minimum Gasteiger partial charge on any atom is -0.334 e. The molecule has 4 heterocycles. The number of hydrogen-bond donors (Lipinski definition) is 1. The molecule has 0 unspecified atom stereocenters. The summed E-state index contributed by atoms with van der Waals surface area (Å²) in [5, 5.41) is 12.2. The molecule has 7 nitrogen and oxygen atoms in total. The van der Waals surface area contributed by atoms with Crippen molar-refractivity contribution in [1.29, 1.82) is 0 Å². The molecular formula is C17H20N6O. The zero-order chi connectivity index (χ0) is 16.7. The second-order valence-corrected chi connectivity index (χ2v) is 6.38. The molecule has 1 fully saturated rings. The summed E-state index contributed by atoms with van der Waals surface area (Å²) in [6.45, 7) is 5.33. The van der Waals surface area contributed by atoms with Gasteiger partial charge in [0.25, 0.3) is 5.91 Å². The average Bonchev–Trinajstić information content (AvgIpc) is 3.29. The Morgan fingerprint density at radius 1 is 1.42 bits per heavy atom. The number of carbonyl (C=O) groups excluding carboxylic acids is 1. The first-order chi connectivity index (χ1) is 11.6. The van der Waals surface area contributed by atoms with Gasteiger partial charge in [-0.2, -0.15) is 10.2 Å². The molecule has 124 valence electrons. The van der Waals surface area contributed by atoms with Gasteiger partial charge in [0.1, 0.15) is 0 Å². The number of nitrogens with one attached hydrogen (secondary N) is 1. The predicted octanol–water partition coefficient (Wildman–Crippen LogP) is 2.08. The highest BCUT2D eigenvalue weighted by molar-refractivity contribution is 6.06. The molecule has 1 amide bonds. The number of fused-ring (bicyclic) bond motifs is 1. The molecule has 1 saturated heterocycles. The highest BCUT2D eigenvalue weighted by atomic mass is 16.2. The zero-order valence-corrected chi connectivity index (χ0v) is 13.9. The van der Waals surface area contributed by atoms with Crippen LogP contribution in [0, 0.1) is 13.8 Å². The molecule has 1 aliphatic rings. The fraction of sp³-hybridized carbons (Fsp3) is 0.412. The molecule has 4 rings (SSSR count). The van der Waals surface area contributed by atoms with Crippen molar-refractivity contribution in [2.24, 2.45) is 0 Å². The summed E-state index contributed by atoms with van der Waals surface area (Å²) in [7, 11) is 0. The van der Waals surface area contributed by atoms with Crippen molar-refractivity contribution in [3.8, 4) is 0 Å². The summed E-state index contributed by atoms with van der Waals surface area (Å²) < 4.78 is 1.90. The Hall–Kier alpha value is -2.70. The van der Waals surface area contributed by atoms with Gasteiger partial charge in [-0.05, 0) is 38.8 Å². The summed E-state index contributed by atoms with van der Waals surface area (Å²) in [5.74, 6) is 0.0599. The minimum absolute atomic E-state index is 0.0599. The van der Waals surface area contributed by atoms with Crippen molar-refractivity contribution in [1.82, 2.24) is 29.9 Å². The summed E-state index contributed by atoms with van der Waals surface area (Å²) in [4.78, 5) is 19.6. The molecule has 0 spiro atoms. The first-order valence-corrected chi connectivity index (χ1v) is 8.24. The van der Waals surface area contributed by atoms with E-state index >= 15 is 0 Å². The second kappa shape index (κ2) is 5.74. The third-order valence-electron chi connectivity index (χ3n) is 4.66. The molecule has 0 aromatic carbocycles. The predicted molar refractivity (Wildman–Crippen MR) is 89.6 cm³/mol. The Labute approximate surface area is 139 Å². The van der Waals surface area contributed by atoms with Crippen LogP contribution in [-0.2, 0) is 6.54 Å². The topological polar surface area (TPSA) is 79.7 Å². The van der Waals surface area contributed by atoms with Gasteiger partial charge >= 0.3 is 0 Å². The molecule has 1 atom stereocenters. The Bertz CT molecular complexity index is 882. The number of pyridine rings is 1. The van der Waals surface area contributed by atoms with Gasteiger partial charge in [-0.15, -0.1) is 0 Å². The van der Waals surface area contributed by atoms with E-state index in [0.717, 1.165) is 42.7 Å². The molecule has 3 aromatic heterocycles. The molecule has 1 aliphatic heterocycles. The number of amides is 1. The number of aryl methyl sites for hydroxylation is 2. The lowest BCUT2D eigenvalue weighted by Crippen LogP contribution is -2.38. The van der Waals surface area contributed by atoms with Gasteiger partial charge in [0.05, 0.1) is 23.5 Å². The van der Waals surface area contributed by atoms with Crippen LogP contribution in [0.3, 0.4) is 0 Å². The van der Waals surface area contributed by atoms with Crippen LogP contribution in [0.4, 0.5) is 0 Å². The summed E-state index contributed by atoms with van der Waals surface area (Å²) >= 11 is 0. The molecule has 0 radical (unpaired) electrons. The summed E-state index contributed by atoms with van der Waals surface area (Å²) in [6.07, 6.45) is 5.74. The first-order valence-electron chi connectivity index (χ1n) is 8.24. The van der Waals surface area contributed by atoms with Crippen LogP contribution >= 0.6 is 0 Å². The minimum atomic E-state index is 0.0599. The van der Waals surface area contributed by atoms with E-state index in [1.165, 1.54) is 0 Å². The SMILES string of the molecule is Cc1cc(C(=O)N2CCC[C@@H]2Cn2cccn2)c2c(C)[nH]nc2n1. The van der Waals surface area contributed by atoms with Crippen molar-refractivity contribution in [3.63, 3.8) is 0 Å². The van der Waals surface area contributed by atoms with Crippen molar-refractivity contribution in [2.45, 2.75) is 39.3 Å². The quantitative estimate of drug-likeness (QED) is 0.800. The average molecular weight is 324 g/mol. The number of aromatic amines is 1. The molecule has 24 heavy (non-hydrogen) atoms. The maximum absolute atomic E-state index is 13.2. The number of nitrogens with zero attached hydrogens (tertiary/aromatic N) is 5. The van der Waals surface area contributed by atoms with E-state index in [4.69, 9.17) is 0 Å². The highest BCUT2D eigenvalue weighted by Crippen LogP contribution is 2.26. The van der Waals surface area contributed by atoms with Crippen LogP contribution in [-0.4, -0.2) is 48.4 Å². The maximum atomic E-state index is 13.2. The maximum Gasteiger partial charge on any atom is 0.255 e. The van der Waals surface area contributed by atoms with Crippen LogP contribution in [0.2, 0.25) is 0 Å². The second-order valence-electron chi connectivity index (χ2n) is 6.38. The summed E-state index contributed by atoms with van der Waals surface area (Å²) in [6, 6.07) is 3.95. The lowest BCUT2D eigenvalue weighted by atomic mass is 10.1. The fourth-order valence-electron chi connectivity index (χ4n) is 3.54. The van der Waals surface area contributed by atoms with E-state index in [9.17, 15) is 4.79 Å². The molecule has 0 aliphatic carbocycles. The molecule has 0 saturated carbocycles. The third kappa shape index (κ3) is 2.46. The molecule has 7 heteroatoms. The smallest absolute Gasteiger partial charge is 0.255 e. The Morgan fingerprint density at radius 3 is 3.08 bits per heavy atom. The van der Waals surface area contributed by atoms with Crippen molar-refractivity contribution < 1.29 is 4.79 Å². The standard InChI is InChI=1S/C17H20N6O/c1-11-9-14(15-12(2)20-21-16(15)19-11)17(24)23-8-3-5-13(23)10-22-7-4-6-18-22/h4,6-7,9,13H,3,5,8,10H2,1-2H3,(H,19,20,21)/t13-/m1/s1. The van der Waals surface area contributed by atoms with E-state index in [-0.39, 0.29) is 11.9 Å². The number of H-pyrrole nitrogens is 1. The summed E-state index contributed by atoms with van der Waals surface area (Å²) in [5.41, 5.74) is 2.98. The van der Waals surface area contributed by atoms with Crippen LogP contribution in [0.25, 0.3) is 11.0 Å². The number of rotatable bonds is 3. The monoisotopic (exact) mass is 324 g/mol. The molecule has 0 bridgehead atoms. The van der Waals surface area contributed by atoms with Crippen LogP contribution < -0.4 is 0 Å². The van der Waals surface area contributed by atoms with Crippen molar-refractivity contribution in [2.75, 3.05) is 6.54 Å². The van der Waals surface area contributed by atoms with Crippen LogP contribution in [0.5, 0.6) is 0 Å². The molecular weight excluding hydrogens is 304 g/mol. The van der Waals surface area contributed by atoms with E-state index in [1.54, 1.807) is 6.20 Å². The number of hydrogen-bond acceptors (Lipinski definition) is 4. The third-order valence-corrected chi connectivity index (χ3v) is 4.66. The van der Waals surface area contributed by atoms with E-state index in [0.29, 0.717) is 11.2 Å². The van der Waals surface area contributed by atoms with E-state index in [1.807, 2.05) is 41.8 Å². The zero-order valence-electron chi connectivity index (χ0n) is 13.9. The number of carbonyl (C=O) groups is 1. The first kappa shape index (κ1) is 14.9. The number of likely N-dealkylation sites (tertiary alicyclic amines) is 1. The van der Waals surface area contributed by atoms with Crippen molar-refractivity contribution in [3.05, 3.63) is 41.5 Å². The van der Waals surface area contributed by atoms with Crippen LogP contribution in [0.1, 0.15) is 34.6 Å². The largest absolute Gasteiger partial charge is 0.334 e. The van der Waals surface area contributed by atoms with E-state index < -0.39 is 0 Å².